The molecule has 0 aliphatic carbocycles. The Morgan fingerprint density at radius 1 is 1.09 bits per heavy atom. The molecule has 8 heteroatoms. The predicted octanol–water partition coefficient (Wildman–Crippen LogP) is 4.09. The van der Waals surface area contributed by atoms with Gasteiger partial charge in [-0.2, -0.15) is 11.8 Å². The average molecular weight is 490 g/mol. The summed E-state index contributed by atoms with van der Waals surface area (Å²) >= 11 is 7.61. The lowest BCUT2D eigenvalue weighted by molar-refractivity contribution is -0.119. The van der Waals surface area contributed by atoms with Gasteiger partial charge in [-0.3, -0.25) is 9.59 Å². The van der Waals surface area contributed by atoms with E-state index in [1.54, 1.807) is 11.0 Å². The number of carbonyl (C=O) groups is 2. The lowest BCUT2D eigenvalue weighted by Crippen LogP contribution is -2.36. The van der Waals surface area contributed by atoms with Crippen molar-refractivity contribution in [2.75, 3.05) is 44.7 Å². The van der Waals surface area contributed by atoms with E-state index in [4.69, 9.17) is 11.6 Å². The lowest BCUT2D eigenvalue weighted by atomic mass is 10.0. The summed E-state index contributed by atoms with van der Waals surface area (Å²) in [6, 6.07) is 14.4. The second kappa shape index (κ2) is 10.9. The number of thioether (sulfide) groups is 1. The van der Waals surface area contributed by atoms with Crippen molar-refractivity contribution in [3.05, 3.63) is 70.5 Å². The smallest absolute Gasteiger partial charge is 0.258 e. The molecule has 0 saturated carbocycles. The zero-order chi connectivity index (χ0) is 23.4. The number of fused-ring (bicyclic) bond motifs is 1. The zero-order valence-corrected chi connectivity index (χ0v) is 20.2. The Kier molecular flexibility index (Phi) is 7.94. The minimum atomic E-state index is -0.568. The largest absolute Gasteiger partial charge is 0.349 e. The molecule has 2 aromatic rings. The van der Waals surface area contributed by atoms with Gasteiger partial charge >= 0.3 is 0 Å². The highest BCUT2D eigenvalue weighted by atomic mass is 35.5. The van der Waals surface area contributed by atoms with Crippen LogP contribution in [0, 0.1) is 17.7 Å². The third kappa shape index (κ3) is 5.70. The molecule has 2 aliphatic rings. The van der Waals surface area contributed by atoms with Crippen LogP contribution in [0.15, 0.2) is 48.5 Å². The Labute approximate surface area is 203 Å². The van der Waals surface area contributed by atoms with E-state index >= 15 is 0 Å². The molecular formula is C25H29ClFN3O2S. The Balaban J connectivity index is 1.33. The van der Waals surface area contributed by atoms with E-state index in [1.807, 2.05) is 24.5 Å². The van der Waals surface area contributed by atoms with E-state index in [1.165, 1.54) is 23.9 Å². The Hall–Kier alpha value is -2.09. The van der Waals surface area contributed by atoms with Crippen LogP contribution in [0.1, 0.15) is 28.4 Å². The fraction of sp³-hybridized carbons (Fsp3) is 0.440. The quantitative estimate of drug-likeness (QED) is 0.606. The summed E-state index contributed by atoms with van der Waals surface area (Å²) < 4.78 is 14.2. The van der Waals surface area contributed by atoms with E-state index in [0.29, 0.717) is 30.7 Å². The maximum Gasteiger partial charge on any atom is 0.258 e. The summed E-state index contributed by atoms with van der Waals surface area (Å²) in [6.07, 6.45) is 2.76. The van der Waals surface area contributed by atoms with Gasteiger partial charge < -0.3 is 15.1 Å². The van der Waals surface area contributed by atoms with Crippen molar-refractivity contribution in [1.82, 2.24) is 15.1 Å². The summed E-state index contributed by atoms with van der Waals surface area (Å²) in [6.45, 7) is 3.92. The number of benzene rings is 2. The number of rotatable bonds is 8. The van der Waals surface area contributed by atoms with Gasteiger partial charge in [-0.15, -0.1) is 0 Å². The van der Waals surface area contributed by atoms with Gasteiger partial charge in [0.15, 0.2) is 0 Å². The summed E-state index contributed by atoms with van der Waals surface area (Å²) in [5, 5.41) is 3.33. The SMILES string of the molecule is CSCC(=O)N[C@@H](CCN1CC2CN(C(=O)c3c(F)cccc3Cl)CC2C1)c1ccccc1. The molecule has 3 atom stereocenters. The summed E-state index contributed by atoms with van der Waals surface area (Å²) in [5.41, 5.74) is 1.09. The topological polar surface area (TPSA) is 52.7 Å². The second-order valence-electron chi connectivity index (χ2n) is 8.84. The first-order chi connectivity index (χ1) is 16.0. The highest BCUT2D eigenvalue weighted by Gasteiger charge is 2.42. The molecule has 2 unspecified atom stereocenters. The molecule has 0 radical (unpaired) electrons. The molecule has 176 valence electrons. The van der Waals surface area contributed by atoms with E-state index < -0.39 is 5.82 Å². The van der Waals surface area contributed by atoms with E-state index in [-0.39, 0.29) is 28.4 Å². The Morgan fingerprint density at radius 3 is 2.42 bits per heavy atom. The van der Waals surface area contributed by atoms with Crippen LogP contribution < -0.4 is 5.32 Å². The number of likely N-dealkylation sites (tertiary alicyclic amines) is 2. The number of carbonyl (C=O) groups excluding carboxylic acids is 2. The Bertz CT molecular complexity index is 959. The zero-order valence-electron chi connectivity index (χ0n) is 18.7. The van der Waals surface area contributed by atoms with Crippen molar-refractivity contribution in [2.24, 2.45) is 11.8 Å². The van der Waals surface area contributed by atoms with Gasteiger partial charge in [0.05, 0.1) is 22.4 Å². The first-order valence-corrected chi connectivity index (χ1v) is 13.0. The fourth-order valence-electron chi connectivity index (χ4n) is 4.99. The maximum atomic E-state index is 14.2. The molecule has 2 fully saturated rings. The summed E-state index contributed by atoms with van der Waals surface area (Å²) in [4.78, 5) is 29.3. The molecule has 2 aromatic carbocycles. The van der Waals surface area contributed by atoms with E-state index in [0.717, 1.165) is 31.6 Å². The predicted molar refractivity (Wildman–Crippen MR) is 131 cm³/mol. The Morgan fingerprint density at radius 2 is 1.79 bits per heavy atom. The molecule has 5 nitrogen and oxygen atoms in total. The van der Waals surface area contributed by atoms with Crippen molar-refractivity contribution >= 4 is 35.2 Å². The molecule has 0 spiro atoms. The monoisotopic (exact) mass is 489 g/mol. The van der Waals surface area contributed by atoms with Gasteiger partial charge in [0.25, 0.3) is 5.91 Å². The highest BCUT2D eigenvalue weighted by Crippen LogP contribution is 2.33. The van der Waals surface area contributed by atoms with Gasteiger partial charge in [0.1, 0.15) is 5.82 Å². The van der Waals surface area contributed by atoms with Gasteiger partial charge in [0, 0.05) is 32.7 Å². The molecule has 2 heterocycles. The minimum absolute atomic E-state index is 0.0208. The van der Waals surface area contributed by atoms with Crippen molar-refractivity contribution in [1.29, 1.82) is 0 Å². The van der Waals surface area contributed by atoms with Crippen LogP contribution in [0.3, 0.4) is 0 Å². The van der Waals surface area contributed by atoms with Gasteiger partial charge in [-0.25, -0.2) is 4.39 Å². The third-order valence-corrected chi connectivity index (χ3v) is 7.44. The molecular weight excluding hydrogens is 461 g/mol. The van der Waals surface area contributed by atoms with Crippen LogP contribution in [0.25, 0.3) is 0 Å². The van der Waals surface area contributed by atoms with Crippen LogP contribution in [0.4, 0.5) is 4.39 Å². The lowest BCUT2D eigenvalue weighted by Gasteiger charge is -2.25. The number of hydrogen-bond acceptors (Lipinski definition) is 4. The van der Waals surface area contributed by atoms with Gasteiger partial charge in [0.2, 0.25) is 5.91 Å². The first kappa shape index (κ1) is 24.0. The molecule has 0 bridgehead atoms. The number of nitrogens with zero attached hydrogens (tertiary/aromatic N) is 2. The second-order valence-corrected chi connectivity index (χ2v) is 10.1. The molecule has 4 rings (SSSR count). The maximum absolute atomic E-state index is 14.2. The number of hydrogen-bond donors (Lipinski definition) is 1. The number of nitrogens with one attached hydrogen (secondary N) is 1. The molecule has 33 heavy (non-hydrogen) atoms. The molecule has 2 amide bonds. The van der Waals surface area contributed by atoms with Crippen molar-refractivity contribution in [3.63, 3.8) is 0 Å². The number of halogens is 2. The van der Waals surface area contributed by atoms with Crippen molar-refractivity contribution < 1.29 is 14.0 Å². The highest BCUT2D eigenvalue weighted by molar-refractivity contribution is 7.99. The van der Waals surface area contributed by atoms with Crippen molar-refractivity contribution in [3.8, 4) is 0 Å². The van der Waals surface area contributed by atoms with E-state index in [2.05, 4.69) is 22.3 Å². The van der Waals surface area contributed by atoms with Crippen LogP contribution in [-0.4, -0.2) is 66.3 Å². The molecule has 1 N–H and O–H groups in total. The number of amides is 2. The molecule has 0 aromatic heterocycles. The van der Waals surface area contributed by atoms with Crippen LogP contribution >= 0.6 is 23.4 Å². The van der Waals surface area contributed by atoms with Crippen LogP contribution in [0.5, 0.6) is 0 Å². The third-order valence-electron chi connectivity index (χ3n) is 6.57. The minimum Gasteiger partial charge on any atom is -0.349 e. The average Bonchev–Trinajstić information content (AvgIpc) is 3.36. The van der Waals surface area contributed by atoms with Crippen LogP contribution in [-0.2, 0) is 4.79 Å². The standard InChI is InChI=1S/C25H29ClFN3O2S/c1-33-16-23(31)28-22(17-6-3-2-4-7-17)10-11-29-12-18-14-30(15-19(18)13-29)25(32)24-20(26)8-5-9-21(24)27/h2-9,18-19,22H,10-16H2,1H3,(H,28,31)/t18?,19?,22-/m0/s1. The van der Waals surface area contributed by atoms with Crippen molar-refractivity contribution in [2.45, 2.75) is 12.5 Å². The van der Waals surface area contributed by atoms with E-state index in [9.17, 15) is 14.0 Å². The normalized spacial score (nSPS) is 21.1. The van der Waals surface area contributed by atoms with Crippen LogP contribution in [0.2, 0.25) is 5.02 Å². The van der Waals surface area contributed by atoms with Gasteiger partial charge in [-0.1, -0.05) is 48.0 Å². The molecule has 2 aliphatic heterocycles. The van der Waals surface area contributed by atoms with Gasteiger partial charge in [-0.05, 0) is 42.2 Å². The molecule has 2 saturated heterocycles. The fourth-order valence-corrected chi connectivity index (χ4v) is 5.57. The first-order valence-electron chi connectivity index (χ1n) is 11.2. The summed E-state index contributed by atoms with van der Waals surface area (Å²) in [7, 11) is 0. The summed E-state index contributed by atoms with van der Waals surface area (Å²) in [5.74, 6) is 0.367.